The van der Waals surface area contributed by atoms with Gasteiger partial charge in [0.2, 0.25) is 0 Å². The summed E-state index contributed by atoms with van der Waals surface area (Å²) in [5.74, 6) is 1.03. The molecule has 0 aliphatic carbocycles. The van der Waals surface area contributed by atoms with E-state index in [-0.39, 0.29) is 12.5 Å². The molecule has 0 fully saturated rings. The van der Waals surface area contributed by atoms with E-state index >= 15 is 0 Å². The predicted molar refractivity (Wildman–Crippen MR) is 72.4 cm³/mol. The van der Waals surface area contributed by atoms with Gasteiger partial charge >= 0.3 is 6.36 Å². The van der Waals surface area contributed by atoms with Gasteiger partial charge in [-0.05, 0) is 40.5 Å². The lowest BCUT2D eigenvalue weighted by atomic mass is 10.2. The monoisotopic (exact) mass is 376 g/mol. The van der Waals surface area contributed by atoms with E-state index in [0.717, 1.165) is 5.56 Å². The van der Waals surface area contributed by atoms with Crippen molar-refractivity contribution < 1.29 is 27.4 Å². The molecule has 3 nitrogen and oxygen atoms in total. The van der Waals surface area contributed by atoms with Crippen LogP contribution in [0.15, 0.2) is 16.6 Å². The summed E-state index contributed by atoms with van der Waals surface area (Å²) >= 11 is 9.01. The molecule has 0 aliphatic heterocycles. The smallest absolute Gasteiger partial charge is 0.490 e. The van der Waals surface area contributed by atoms with Crippen molar-refractivity contribution in [1.29, 1.82) is 0 Å². The van der Waals surface area contributed by atoms with Crippen LogP contribution in [-0.4, -0.2) is 26.2 Å². The topological polar surface area (TPSA) is 27.7 Å². The van der Waals surface area contributed by atoms with Gasteiger partial charge in [0, 0.05) is 5.88 Å². The minimum absolute atomic E-state index is 0.252. The van der Waals surface area contributed by atoms with E-state index in [1.54, 1.807) is 19.1 Å². The Morgan fingerprint density at radius 1 is 1.20 bits per heavy atom. The lowest BCUT2D eigenvalue weighted by Crippen LogP contribution is -2.18. The first-order valence-electron chi connectivity index (χ1n) is 5.72. The molecule has 0 aliphatic rings. The van der Waals surface area contributed by atoms with Crippen LogP contribution in [-0.2, 0) is 10.6 Å². The number of benzene rings is 1. The number of ether oxygens (including phenoxy) is 3. The molecular formula is C12H13BrClF3O3. The molecule has 0 bridgehead atoms. The third kappa shape index (κ3) is 5.76. The second-order valence-corrected chi connectivity index (χ2v) is 4.74. The van der Waals surface area contributed by atoms with E-state index in [1.807, 2.05) is 0 Å². The van der Waals surface area contributed by atoms with E-state index in [4.69, 9.17) is 21.1 Å². The van der Waals surface area contributed by atoms with E-state index in [1.165, 1.54) is 0 Å². The third-order valence-corrected chi connectivity index (χ3v) is 3.02. The van der Waals surface area contributed by atoms with E-state index in [0.29, 0.717) is 22.6 Å². The molecule has 0 saturated heterocycles. The van der Waals surface area contributed by atoms with Crippen LogP contribution in [0.4, 0.5) is 13.2 Å². The maximum absolute atomic E-state index is 11.8. The summed E-state index contributed by atoms with van der Waals surface area (Å²) in [7, 11) is 0. The molecule has 0 saturated carbocycles. The Kier molecular flexibility index (Phi) is 6.91. The maximum Gasteiger partial charge on any atom is 0.522 e. The van der Waals surface area contributed by atoms with Gasteiger partial charge in [-0.15, -0.1) is 24.8 Å². The summed E-state index contributed by atoms with van der Waals surface area (Å²) in [4.78, 5) is 0. The van der Waals surface area contributed by atoms with Gasteiger partial charge in [0.15, 0.2) is 11.5 Å². The molecule has 0 atom stereocenters. The van der Waals surface area contributed by atoms with Crippen LogP contribution in [0.2, 0.25) is 0 Å². The second-order valence-electron chi connectivity index (χ2n) is 3.61. The molecule has 1 aromatic rings. The van der Waals surface area contributed by atoms with Gasteiger partial charge in [-0.1, -0.05) is 0 Å². The first-order chi connectivity index (χ1) is 9.37. The summed E-state index contributed by atoms with van der Waals surface area (Å²) in [6.45, 7) is 1.34. The van der Waals surface area contributed by atoms with Gasteiger partial charge in [-0.2, -0.15) is 0 Å². The van der Waals surface area contributed by atoms with Gasteiger partial charge in [-0.25, -0.2) is 0 Å². The Hall–Kier alpha value is -0.660. The van der Waals surface area contributed by atoms with Crippen molar-refractivity contribution in [3.8, 4) is 11.5 Å². The van der Waals surface area contributed by atoms with Crippen molar-refractivity contribution in [3.05, 3.63) is 22.2 Å². The zero-order valence-electron chi connectivity index (χ0n) is 10.6. The number of rotatable bonds is 7. The van der Waals surface area contributed by atoms with Gasteiger partial charge in [0.05, 0.1) is 17.7 Å². The maximum atomic E-state index is 11.8. The first-order valence-corrected chi connectivity index (χ1v) is 7.04. The van der Waals surface area contributed by atoms with Crippen molar-refractivity contribution in [2.24, 2.45) is 0 Å². The van der Waals surface area contributed by atoms with E-state index in [9.17, 15) is 13.2 Å². The van der Waals surface area contributed by atoms with Crippen LogP contribution in [0.1, 0.15) is 12.5 Å². The largest absolute Gasteiger partial charge is 0.522 e. The van der Waals surface area contributed by atoms with Crippen molar-refractivity contribution >= 4 is 27.5 Å². The number of hydrogen-bond donors (Lipinski definition) is 0. The fourth-order valence-corrected chi connectivity index (χ4v) is 2.16. The predicted octanol–water partition coefficient (Wildman–Crippen LogP) is 4.50. The highest BCUT2D eigenvalue weighted by Crippen LogP contribution is 2.37. The van der Waals surface area contributed by atoms with Crippen molar-refractivity contribution in [2.75, 3.05) is 19.8 Å². The zero-order chi connectivity index (χ0) is 15.2. The van der Waals surface area contributed by atoms with Gasteiger partial charge < -0.3 is 9.47 Å². The average molecular weight is 378 g/mol. The van der Waals surface area contributed by atoms with Gasteiger partial charge in [-0.3, -0.25) is 4.74 Å². The number of hydrogen-bond acceptors (Lipinski definition) is 3. The fraction of sp³-hybridized carbons (Fsp3) is 0.500. The van der Waals surface area contributed by atoms with Crippen LogP contribution in [0, 0.1) is 0 Å². The Labute approximate surface area is 128 Å². The molecule has 0 unspecified atom stereocenters. The van der Waals surface area contributed by atoms with Gasteiger partial charge in [0.25, 0.3) is 0 Å². The molecule has 114 valence electrons. The molecule has 0 heterocycles. The summed E-state index contributed by atoms with van der Waals surface area (Å²) < 4.78 is 50.4. The van der Waals surface area contributed by atoms with Crippen molar-refractivity contribution in [1.82, 2.24) is 0 Å². The SMILES string of the molecule is CCOc1cc(CCl)cc(Br)c1OCCOC(F)(F)F. The molecule has 0 aromatic heterocycles. The molecule has 0 spiro atoms. The average Bonchev–Trinajstić information content (AvgIpc) is 2.35. The molecule has 1 aromatic carbocycles. The Morgan fingerprint density at radius 2 is 1.90 bits per heavy atom. The quantitative estimate of drug-likeness (QED) is 0.517. The highest BCUT2D eigenvalue weighted by molar-refractivity contribution is 9.10. The van der Waals surface area contributed by atoms with Gasteiger partial charge in [0.1, 0.15) is 6.61 Å². The molecule has 8 heteroatoms. The highest BCUT2D eigenvalue weighted by Gasteiger charge is 2.28. The molecule has 0 N–H and O–H groups in total. The van der Waals surface area contributed by atoms with Crippen LogP contribution in [0.5, 0.6) is 11.5 Å². The lowest BCUT2D eigenvalue weighted by Gasteiger charge is -2.15. The highest BCUT2D eigenvalue weighted by atomic mass is 79.9. The van der Waals surface area contributed by atoms with Crippen LogP contribution in [0.25, 0.3) is 0 Å². The molecule has 0 radical (unpaired) electrons. The molecular weight excluding hydrogens is 364 g/mol. The Bertz CT molecular complexity index is 441. The Morgan fingerprint density at radius 3 is 2.45 bits per heavy atom. The number of alkyl halides is 4. The third-order valence-electron chi connectivity index (χ3n) is 2.12. The zero-order valence-corrected chi connectivity index (χ0v) is 12.9. The molecule has 1 rings (SSSR count). The van der Waals surface area contributed by atoms with E-state index in [2.05, 4.69) is 20.7 Å². The normalized spacial score (nSPS) is 11.5. The van der Waals surface area contributed by atoms with Crippen LogP contribution < -0.4 is 9.47 Å². The molecule has 0 amide bonds. The first kappa shape index (κ1) is 17.4. The fourth-order valence-electron chi connectivity index (χ4n) is 1.40. The van der Waals surface area contributed by atoms with Crippen molar-refractivity contribution in [3.63, 3.8) is 0 Å². The minimum Gasteiger partial charge on any atom is -0.490 e. The molecule has 20 heavy (non-hydrogen) atoms. The Balaban J connectivity index is 2.72. The minimum atomic E-state index is -4.66. The summed E-state index contributed by atoms with van der Waals surface area (Å²) in [6, 6.07) is 3.40. The summed E-state index contributed by atoms with van der Waals surface area (Å²) in [5.41, 5.74) is 0.806. The van der Waals surface area contributed by atoms with Crippen LogP contribution >= 0.6 is 27.5 Å². The lowest BCUT2D eigenvalue weighted by molar-refractivity contribution is -0.325. The number of halogens is 5. The summed E-state index contributed by atoms with van der Waals surface area (Å²) in [6.07, 6.45) is -4.66. The van der Waals surface area contributed by atoms with E-state index < -0.39 is 13.0 Å². The van der Waals surface area contributed by atoms with Crippen molar-refractivity contribution in [2.45, 2.75) is 19.2 Å². The second kappa shape index (κ2) is 7.95. The standard InChI is InChI=1S/C12H13BrClF3O3/c1-2-18-10-6-8(7-14)5-9(13)11(10)19-3-4-20-12(15,16)17/h5-6H,2-4,7H2,1H3. The van der Waals surface area contributed by atoms with Crippen LogP contribution in [0.3, 0.4) is 0 Å². The summed E-state index contributed by atoms with van der Waals surface area (Å²) in [5, 5.41) is 0.